The van der Waals surface area contributed by atoms with Gasteiger partial charge in [0.2, 0.25) is 0 Å². The number of pyridine rings is 3. The van der Waals surface area contributed by atoms with Crippen molar-refractivity contribution >= 4 is 92.0 Å². The Morgan fingerprint density at radius 2 is 0.916 bits per heavy atom. The number of amides is 3. The molecule has 0 atom stereocenters. The Morgan fingerprint density at radius 3 is 1.29 bits per heavy atom. The van der Waals surface area contributed by atoms with Gasteiger partial charge in [0.05, 0.1) is 72.1 Å². The molecule has 0 saturated heterocycles. The number of nitrogens with one attached hydrogen (secondary N) is 3. The van der Waals surface area contributed by atoms with Gasteiger partial charge in [0, 0.05) is 27.7 Å². The van der Waals surface area contributed by atoms with Crippen molar-refractivity contribution in [3.8, 4) is 0 Å². The summed E-state index contributed by atoms with van der Waals surface area (Å²) in [6, 6.07) is 29.2. The van der Waals surface area contributed by atoms with Crippen LogP contribution in [0.25, 0.3) is 0 Å². The molecule has 0 radical (unpaired) electrons. The van der Waals surface area contributed by atoms with Crippen molar-refractivity contribution in [2.75, 3.05) is 60.9 Å². The van der Waals surface area contributed by atoms with Crippen molar-refractivity contribution in [1.82, 2.24) is 20.3 Å². The Hall–Kier alpha value is -9.74. The van der Waals surface area contributed by atoms with Crippen molar-refractivity contribution in [2.45, 2.75) is 53.4 Å². The van der Waals surface area contributed by atoms with E-state index >= 15 is 0 Å². The molecule has 2 aliphatic carbocycles. The number of carboxylic acids is 2. The van der Waals surface area contributed by atoms with Gasteiger partial charge in [0.15, 0.2) is 0 Å². The highest BCUT2D eigenvalue weighted by Crippen LogP contribution is 2.28. The number of carbonyl (C=O) groups is 7. The van der Waals surface area contributed by atoms with Crippen molar-refractivity contribution in [2.24, 2.45) is 17.6 Å². The standard InChI is InChI=1S/C18H20N4O2.C14H13N3O3.C10H10O4.C9H9BrO2.C5H7N3.C4H9N/c1-11-2-5-13(17(23)21-9-12-3-4-12)8-15(11)18(24)22-14-6-7-16(19)20-10-14;1-8-2-3-9(14(19)20)6-11(8)13(18)17-10-4-5-12(15)16-7-10;1-6-3-4-7(10(13)14-2)5-8(6)9(11)12;1-6-3-4-7(5-8(6)10)9(11)12-2;6-4-1-2-5(7)8-3-4;5-3-4-1-2-4/h2,5-8,10,12H,3-4,9H2,1H3,(H2,19,20)(H,21,23)(H,22,24);2-7H,1H3,(H2,15,16)(H,17,18)(H,19,20);3-5H,1-2H3,(H,11,12);3-5H,1-2H3;1-3H,6H2,(H2,7,8);4H,1-3,5H2. The van der Waals surface area contributed by atoms with Gasteiger partial charge >= 0.3 is 23.9 Å². The average Bonchev–Trinajstić information content (AvgIpc) is 4.54. The third kappa shape index (κ3) is 22.7. The van der Waals surface area contributed by atoms with Crippen LogP contribution < -0.4 is 44.6 Å². The van der Waals surface area contributed by atoms with Gasteiger partial charge in [-0.05, 0) is 179 Å². The molecule has 436 valence electrons. The number of rotatable bonds is 12. The average molecular weight is 1200 g/mol. The quantitative estimate of drug-likeness (QED) is 0.0510. The zero-order valence-electron chi connectivity index (χ0n) is 46.7. The first-order valence-corrected chi connectivity index (χ1v) is 26.4. The second-order valence-electron chi connectivity index (χ2n) is 18.8. The monoisotopic (exact) mass is 1200 g/mol. The molecule has 22 nitrogen and oxygen atoms in total. The highest BCUT2D eigenvalue weighted by atomic mass is 79.9. The molecule has 0 bridgehead atoms. The molecule has 23 heteroatoms. The second kappa shape index (κ2) is 32.5. The van der Waals surface area contributed by atoms with Gasteiger partial charge in [-0.2, -0.15) is 0 Å². The van der Waals surface area contributed by atoms with E-state index in [0.29, 0.717) is 80.4 Å². The van der Waals surface area contributed by atoms with E-state index in [1.54, 1.807) is 92.7 Å². The molecule has 2 aliphatic rings. The Bertz CT molecular complexity index is 3350. The summed E-state index contributed by atoms with van der Waals surface area (Å²) in [5.41, 5.74) is 33.9. The van der Waals surface area contributed by atoms with Crippen LogP contribution >= 0.6 is 15.9 Å². The minimum absolute atomic E-state index is 0.0659. The minimum atomic E-state index is -1.08. The lowest BCUT2D eigenvalue weighted by molar-refractivity contribution is 0.0591. The van der Waals surface area contributed by atoms with Crippen LogP contribution in [0.4, 0.5) is 34.5 Å². The summed E-state index contributed by atoms with van der Waals surface area (Å²) in [5.74, 6) is -1.03. The number of hydrogen-bond acceptors (Lipinski definition) is 17. The molecular formula is C60H68BrN11O11. The molecule has 3 aromatic heterocycles. The lowest BCUT2D eigenvalue weighted by atomic mass is 10.0. The lowest BCUT2D eigenvalue weighted by Gasteiger charge is -2.10. The zero-order valence-corrected chi connectivity index (χ0v) is 48.3. The molecule has 2 fully saturated rings. The highest BCUT2D eigenvalue weighted by Gasteiger charge is 2.23. The molecule has 0 aliphatic heterocycles. The van der Waals surface area contributed by atoms with E-state index in [0.717, 1.165) is 28.1 Å². The molecular weight excluding hydrogens is 1130 g/mol. The topological polar surface area (TPSA) is 383 Å². The third-order valence-electron chi connectivity index (χ3n) is 12.1. The van der Waals surface area contributed by atoms with Gasteiger partial charge in [-0.1, -0.05) is 40.2 Å². The molecule has 2 saturated carbocycles. The van der Waals surface area contributed by atoms with Gasteiger partial charge in [-0.25, -0.2) is 34.1 Å². The number of nitrogens with zero attached hydrogens (tertiary/aromatic N) is 3. The predicted molar refractivity (Wildman–Crippen MR) is 322 cm³/mol. The SMILES string of the molecule is COC(=O)c1ccc(C)c(Br)c1.COC(=O)c1ccc(C)c(C(=O)O)c1.Cc1ccc(C(=O)NCC2CC2)cc1C(=O)Nc1ccc(N)nc1.Cc1ccc(C(=O)O)cc1C(=O)Nc1ccc(N)nc1.NCC1CC1.Nc1ccc(N)nc1. The summed E-state index contributed by atoms with van der Waals surface area (Å²) < 4.78 is 9.97. The Balaban J connectivity index is 0.000000226. The van der Waals surface area contributed by atoms with Crippen LogP contribution in [0, 0.1) is 39.5 Å². The molecule has 0 unspecified atom stereocenters. The molecule has 4 aromatic carbocycles. The van der Waals surface area contributed by atoms with Gasteiger partial charge in [-0.15, -0.1) is 0 Å². The van der Waals surface area contributed by atoms with E-state index in [-0.39, 0.29) is 34.5 Å². The summed E-state index contributed by atoms with van der Waals surface area (Å²) in [6.45, 7) is 8.82. The van der Waals surface area contributed by atoms with Gasteiger partial charge < -0.3 is 64.3 Å². The first-order valence-electron chi connectivity index (χ1n) is 25.7. The Kier molecular flexibility index (Phi) is 25.8. The van der Waals surface area contributed by atoms with Crippen molar-refractivity contribution in [3.63, 3.8) is 0 Å². The Morgan fingerprint density at radius 1 is 0.506 bits per heavy atom. The fraction of sp³-hybridized carbons (Fsp3) is 0.233. The minimum Gasteiger partial charge on any atom is -0.478 e. The number of nitrogens with two attached hydrogens (primary N) is 5. The fourth-order valence-electron chi connectivity index (χ4n) is 6.73. The number of anilines is 6. The molecule has 3 amide bonds. The summed E-state index contributed by atoms with van der Waals surface area (Å²) in [7, 11) is 2.62. The maximum absolute atomic E-state index is 12.5. The summed E-state index contributed by atoms with van der Waals surface area (Å²) in [6.07, 6.45) is 9.58. The number of benzene rings is 4. The summed E-state index contributed by atoms with van der Waals surface area (Å²) >= 11 is 3.34. The number of carbonyl (C=O) groups excluding carboxylic acids is 5. The number of ether oxygens (including phenoxy) is 2. The second-order valence-corrected chi connectivity index (χ2v) is 19.7. The first-order chi connectivity index (χ1) is 39.4. The maximum Gasteiger partial charge on any atom is 0.337 e. The number of aromatic carboxylic acids is 2. The van der Waals surface area contributed by atoms with E-state index in [1.165, 1.54) is 82.8 Å². The largest absolute Gasteiger partial charge is 0.478 e. The fourth-order valence-corrected chi connectivity index (χ4v) is 7.11. The van der Waals surface area contributed by atoms with Crippen molar-refractivity contribution in [1.29, 1.82) is 0 Å². The van der Waals surface area contributed by atoms with Crippen LogP contribution in [0.2, 0.25) is 0 Å². The van der Waals surface area contributed by atoms with Crippen LogP contribution in [0.15, 0.2) is 132 Å². The van der Waals surface area contributed by atoms with E-state index in [9.17, 15) is 33.6 Å². The van der Waals surface area contributed by atoms with Crippen LogP contribution in [-0.2, 0) is 9.47 Å². The van der Waals surface area contributed by atoms with E-state index in [2.05, 4.69) is 56.3 Å². The number of nitrogen functional groups attached to an aromatic ring is 4. The number of carboxylic acid groups (broad SMARTS) is 2. The van der Waals surface area contributed by atoms with Crippen LogP contribution in [0.1, 0.15) is 120 Å². The molecule has 0 spiro atoms. The van der Waals surface area contributed by atoms with Crippen molar-refractivity contribution in [3.05, 3.63) is 193 Å². The maximum atomic E-state index is 12.5. The number of esters is 2. The molecule has 9 rings (SSSR count). The summed E-state index contributed by atoms with van der Waals surface area (Å²) in [5, 5.41) is 26.1. The lowest BCUT2D eigenvalue weighted by Crippen LogP contribution is -2.26. The van der Waals surface area contributed by atoms with E-state index in [4.69, 9.17) is 38.9 Å². The summed E-state index contributed by atoms with van der Waals surface area (Å²) in [4.78, 5) is 92.1. The molecule has 7 aromatic rings. The van der Waals surface area contributed by atoms with Crippen LogP contribution in [0.3, 0.4) is 0 Å². The van der Waals surface area contributed by atoms with Crippen LogP contribution in [0.5, 0.6) is 0 Å². The number of aromatic nitrogens is 3. The van der Waals surface area contributed by atoms with E-state index < -0.39 is 23.8 Å². The van der Waals surface area contributed by atoms with Gasteiger partial charge in [-0.3, -0.25) is 14.4 Å². The highest BCUT2D eigenvalue weighted by molar-refractivity contribution is 9.10. The number of halogens is 1. The predicted octanol–water partition coefficient (Wildman–Crippen LogP) is 8.91. The first kappa shape index (κ1) is 65.8. The van der Waals surface area contributed by atoms with Crippen LogP contribution in [-0.4, -0.2) is 94.1 Å². The number of aryl methyl sites for hydroxylation is 4. The number of methoxy groups -OCH3 is 2. The zero-order chi connectivity index (χ0) is 61.3. The molecule has 15 N–H and O–H groups in total. The van der Waals surface area contributed by atoms with Crippen molar-refractivity contribution < 1.29 is 53.2 Å². The Labute approximate surface area is 488 Å². The van der Waals surface area contributed by atoms with Gasteiger partial charge in [0.1, 0.15) is 17.5 Å². The normalized spacial score (nSPS) is 11.6. The molecule has 83 heavy (non-hydrogen) atoms. The van der Waals surface area contributed by atoms with E-state index in [1.807, 2.05) is 19.9 Å². The van der Waals surface area contributed by atoms with Gasteiger partial charge in [0.25, 0.3) is 17.7 Å². The smallest absolute Gasteiger partial charge is 0.337 e. The number of hydrogen-bond donors (Lipinski definition) is 10. The molecule has 3 heterocycles. The third-order valence-corrected chi connectivity index (χ3v) is 13.0.